The van der Waals surface area contributed by atoms with Gasteiger partial charge in [-0.05, 0) is 49.2 Å². The topological polar surface area (TPSA) is 73.2 Å². The molecule has 6 nitrogen and oxygen atoms in total. The van der Waals surface area contributed by atoms with Crippen molar-refractivity contribution < 1.29 is 9.53 Å². The first kappa shape index (κ1) is 21.3. The van der Waals surface area contributed by atoms with Gasteiger partial charge in [-0.2, -0.15) is 5.10 Å². The van der Waals surface area contributed by atoms with Crippen LogP contribution in [0.15, 0.2) is 71.5 Å². The lowest BCUT2D eigenvalue weighted by Gasteiger charge is -2.15. The Morgan fingerprint density at radius 1 is 1.03 bits per heavy atom. The lowest BCUT2D eigenvalue weighted by Crippen LogP contribution is -2.34. The quantitative estimate of drug-likeness (QED) is 0.590. The van der Waals surface area contributed by atoms with E-state index in [0.29, 0.717) is 31.8 Å². The number of benzene rings is 2. The molecule has 156 valence electrons. The van der Waals surface area contributed by atoms with Crippen LogP contribution in [0.3, 0.4) is 0 Å². The standard InChI is InChI=1S/C24H27N3O3/c1-3-21(18-8-6-5-7-9-18)24(29)25-16-17-27-23(28)15-14-22(26-27)19-10-12-20(13-11-19)30-4-2/h5-15,21H,3-4,16-17H2,1-2H3,(H,25,29). The summed E-state index contributed by atoms with van der Waals surface area (Å²) in [5, 5.41) is 7.38. The second-order valence-electron chi connectivity index (χ2n) is 6.90. The summed E-state index contributed by atoms with van der Waals surface area (Å²) in [5.41, 5.74) is 2.38. The van der Waals surface area contributed by atoms with Crippen LogP contribution in [0.5, 0.6) is 5.75 Å². The second-order valence-corrected chi connectivity index (χ2v) is 6.90. The van der Waals surface area contributed by atoms with E-state index in [9.17, 15) is 9.59 Å². The minimum atomic E-state index is -0.203. The molecule has 0 aliphatic heterocycles. The number of nitrogens with one attached hydrogen (secondary N) is 1. The van der Waals surface area contributed by atoms with E-state index in [4.69, 9.17) is 4.74 Å². The van der Waals surface area contributed by atoms with E-state index in [1.165, 1.54) is 10.7 Å². The van der Waals surface area contributed by atoms with Crippen LogP contribution in [-0.2, 0) is 11.3 Å². The molecule has 30 heavy (non-hydrogen) atoms. The van der Waals surface area contributed by atoms with Gasteiger partial charge in [0.2, 0.25) is 5.91 Å². The van der Waals surface area contributed by atoms with Gasteiger partial charge in [0, 0.05) is 18.2 Å². The lowest BCUT2D eigenvalue weighted by atomic mass is 9.96. The summed E-state index contributed by atoms with van der Waals surface area (Å²) in [6.07, 6.45) is 0.710. The third-order valence-electron chi connectivity index (χ3n) is 4.88. The Bertz CT molecular complexity index is 1010. The first-order chi connectivity index (χ1) is 14.6. The third kappa shape index (κ3) is 5.35. The minimum absolute atomic E-state index is 0.0422. The zero-order chi connectivity index (χ0) is 21.3. The SMILES string of the molecule is CCOc1ccc(-c2ccc(=O)n(CCNC(=O)C(CC)c3ccccc3)n2)cc1. The van der Waals surface area contributed by atoms with E-state index in [0.717, 1.165) is 16.9 Å². The van der Waals surface area contributed by atoms with Crippen LogP contribution >= 0.6 is 0 Å². The van der Waals surface area contributed by atoms with Crippen LogP contribution in [0.2, 0.25) is 0 Å². The number of ether oxygens (including phenoxy) is 1. The van der Waals surface area contributed by atoms with Crippen molar-refractivity contribution in [3.05, 3.63) is 82.6 Å². The van der Waals surface area contributed by atoms with Crippen LogP contribution in [0, 0.1) is 0 Å². The van der Waals surface area contributed by atoms with E-state index in [2.05, 4.69) is 10.4 Å². The predicted octanol–water partition coefficient (Wildman–Crippen LogP) is 3.62. The summed E-state index contributed by atoms with van der Waals surface area (Å²) in [4.78, 5) is 24.8. The Morgan fingerprint density at radius 3 is 2.43 bits per heavy atom. The van der Waals surface area contributed by atoms with Gasteiger partial charge in [0.05, 0.1) is 24.8 Å². The molecule has 1 N–H and O–H groups in total. The van der Waals surface area contributed by atoms with Crippen LogP contribution in [0.1, 0.15) is 31.7 Å². The van der Waals surface area contributed by atoms with Crippen molar-refractivity contribution in [2.24, 2.45) is 0 Å². The highest BCUT2D eigenvalue weighted by Crippen LogP contribution is 2.20. The van der Waals surface area contributed by atoms with E-state index in [1.807, 2.05) is 68.4 Å². The first-order valence-corrected chi connectivity index (χ1v) is 10.3. The number of aromatic nitrogens is 2. The molecular formula is C24H27N3O3. The molecule has 6 heteroatoms. The zero-order valence-corrected chi connectivity index (χ0v) is 17.4. The number of rotatable bonds is 9. The number of carbonyl (C=O) groups excluding carboxylic acids is 1. The summed E-state index contributed by atoms with van der Waals surface area (Å²) >= 11 is 0. The van der Waals surface area contributed by atoms with Crippen molar-refractivity contribution in [3.8, 4) is 17.0 Å². The molecule has 0 aliphatic carbocycles. The Labute approximate surface area is 176 Å². The first-order valence-electron chi connectivity index (χ1n) is 10.3. The van der Waals surface area contributed by atoms with E-state index in [1.54, 1.807) is 6.07 Å². The molecule has 1 aromatic heterocycles. The second kappa shape index (κ2) is 10.4. The highest BCUT2D eigenvalue weighted by molar-refractivity contribution is 5.83. The molecule has 1 heterocycles. The summed E-state index contributed by atoms with van der Waals surface area (Å²) in [6, 6.07) is 20.5. The summed E-state index contributed by atoms with van der Waals surface area (Å²) in [7, 11) is 0. The van der Waals surface area contributed by atoms with Gasteiger partial charge in [-0.25, -0.2) is 4.68 Å². The molecular weight excluding hydrogens is 378 g/mol. The molecule has 0 aliphatic rings. The van der Waals surface area contributed by atoms with Crippen molar-refractivity contribution in [2.45, 2.75) is 32.7 Å². The molecule has 3 rings (SSSR count). The lowest BCUT2D eigenvalue weighted by molar-refractivity contribution is -0.122. The van der Waals surface area contributed by atoms with Gasteiger partial charge in [-0.1, -0.05) is 37.3 Å². The fraction of sp³-hybridized carbons (Fsp3) is 0.292. The van der Waals surface area contributed by atoms with Gasteiger partial charge in [-0.3, -0.25) is 9.59 Å². The molecule has 0 saturated carbocycles. The molecule has 0 radical (unpaired) electrons. The molecule has 1 amide bonds. The normalized spacial score (nSPS) is 11.7. The molecule has 2 aromatic carbocycles. The van der Waals surface area contributed by atoms with Gasteiger partial charge in [0.15, 0.2) is 0 Å². The Kier molecular flexibility index (Phi) is 7.38. The molecule has 1 unspecified atom stereocenters. The number of carbonyl (C=O) groups is 1. The molecule has 0 spiro atoms. The molecule has 0 bridgehead atoms. The summed E-state index contributed by atoms with van der Waals surface area (Å²) in [6.45, 7) is 5.18. The average Bonchev–Trinajstić information content (AvgIpc) is 2.77. The maximum absolute atomic E-state index is 12.6. The fourth-order valence-electron chi connectivity index (χ4n) is 3.32. The maximum Gasteiger partial charge on any atom is 0.266 e. The number of amides is 1. The maximum atomic E-state index is 12.6. The van der Waals surface area contributed by atoms with Crippen molar-refractivity contribution in [1.82, 2.24) is 15.1 Å². The predicted molar refractivity (Wildman–Crippen MR) is 118 cm³/mol. The smallest absolute Gasteiger partial charge is 0.266 e. The van der Waals surface area contributed by atoms with Gasteiger partial charge in [0.1, 0.15) is 5.75 Å². The fourth-order valence-corrected chi connectivity index (χ4v) is 3.32. The number of nitrogens with zero attached hydrogens (tertiary/aromatic N) is 2. The monoisotopic (exact) mass is 405 g/mol. The molecule has 1 atom stereocenters. The molecule has 3 aromatic rings. The Morgan fingerprint density at radius 2 is 1.77 bits per heavy atom. The number of hydrogen-bond donors (Lipinski definition) is 1. The van der Waals surface area contributed by atoms with E-state index < -0.39 is 0 Å². The number of hydrogen-bond acceptors (Lipinski definition) is 4. The van der Waals surface area contributed by atoms with Gasteiger partial charge < -0.3 is 10.1 Å². The van der Waals surface area contributed by atoms with Gasteiger partial charge >= 0.3 is 0 Å². The van der Waals surface area contributed by atoms with Crippen LogP contribution in [0.4, 0.5) is 0 Å². The van der Waals surface area contributed by atoms with E-state index >= 15 is 0 Å². The largest absolute Gasteiger partial charge is 0.494 e. The van der Waals surface area contributed by atoms with Crippen molar-refractivity contribution in [2.75, 3.05) is 13.2 Å². The van der Waals surface area contributed by atoms with Crippen LogP contribution in [0.25, 0.3) is 11.3 Å². The van der Waals surface area contributed by atoms with E-state index in [-0.39, 0.29) is 17.4 Å². The average molecular weight is 405 g/mol. The Hall–Kier alpha value is -3.41. The zero-order valence-electron chi connectivity index (χ0n) is 17.4. The van der Waals surface area contributed by atoms with Gasteiger partial charge in [0.25, 0.3) is 5.56 Å². The van der Waals surface area contributed by atoms with Crippen LogP contribution in [-0.4, -0.2) is 28.8 Å². The summed E-state index contributed by atoms with van der Waals surface area (Å²) < 4.78 is 6.84. The highest BCUT2D eigenvalue weighted by Gasteiger charge is 2.17. The van der Waals surface area contributed by atoms with Crippen molar-refractivity contribution in [3.63, 3.8) is 0 Å². The van der Waals surface area contributed by atoms with Gasteiger partial charge in [-0.15, -0.1) is 0 Å². The minimum Gasteiger partial charge on any atom is -0.494 e. The Balaban J connectivity index is 1.64. The third-order valence-corrected chi connectivity index (χ3v) is 4.88. The van der Waals surface area contributed by atoms with Crippen molar-refractivity contribution >= 4 is 5.91 Å². The van der Waals surface area contributed by atoms with Crippen LogP contribution < -0.4 is 15.6 Å². The highest BCUT2D eigenvalue weighted by atomic mass is 16.5. The molecule has 0 fully saturated rings. The summed E-state index contributed by atoms with van der Waals surface area (Å²) in [5.74, 6) is 0.548. The van der Waals surface area contributed by atoms with Crippen molar-refractivity contribution in [1.29, 1.82) is 0 Å². The molecule has 0 saturated heterocycles.